The minimum absolute atomic E-state index is 0.494. The van der Waals surface area contributed by atoms with Gasteiger partial charge >= 0.3 is 0 Å². The van der Waals surface area contributed by atoms with Crippen molar-refractivity contribution in [3.63, 3.8) is 0 Å². The van der Waals surface area contributed by atoms with Crippen molar-refractivity contribution in [1.29, 1.82) is 0 Å². The molecular formula is C17H23ClN2. The molecule has 108 valence electrons. The van der Waals surface area contributed by atoms with Crippen LogP contribution in [-0.4, -0.2) is 9.55 Å². The van der Waals surface area contributed by atoms with Crippen molar-refractivity contribution < 1.29 is 0 Å². The molecule has 1 heterocycles. The third kappa shape index (κ3) is 2.14. The maximum atomic E-state index is 6.16. The van der Waals surface area contributed by atoms with Crippen LogP contribution in [-0.2, 0) is 5.88 Å². The minimum Gasteiger partial charge on any atom is -0.324 e. The van der Waals surface area contributed by atoms with Gasteiger partial charge in [-0.3, -0.25) is 0 Å². The fraction of sp³-hybridized carbons (Fsp3) is 0.588. The number of aromatic nitrogens is 2. The summed E-state index contributed by atoms with van der Waals surface area (Å²) in [5.41, 5.74) is 3.60. The highest BCUT2D eigenvalue weighted by molar-refractivity contribution is 6.16. The van der Waals surface area contributed by atoms with E-state index < -0.39 is 0 Å². The Kier molecular flexibility index (Phi) is 3.76. The lowest BCUT2D eigenvalue weighted by Crippen LogP contribution is -2.17. The quantitative estimate of drug-likeness (QED) is 0.721. The molecule has 1 aliphatic carbocycles. The van der Waals surface area contributed by atoms with Gasteiger partial charge in [-0.05, 0) is 49.3 Å². The molecule has 1 fully saturated rings. The van der Waals surface area contributed by atoms with Gasteiger partial charge in [0.1, 0.15) is 5.82 Å². The number of hydrogen-bond acceptors (Lipinski definition) is 1. The molecule has 1 saturated carbocycles. The molecule has 0 spiro atoms. The highest BCUT2D eigenvalue weighted by Crippen LogP contribution is 2.43. The average Bonchev–Trinajstić information content (AvgIpc) is 2.97. The van der Waals surface area contributed by atoms with Crippen LogP contribution in [0, 0.1) is 18.8 Å². The fourth-order valence-electron chi connectivity index (χ4n) is 3.89. The molecule has 3 unspecified atom stereocenters. The van der Waals surface area contributed by atoms with Crippen molar-refractivity contribution in [2.75, 3.05) is 0 Å². The van der Waals surface area contributed by atoms with E-state index in [0.29, 0.717) is 17.8 Å². The van der Waals surface area contributed by atoms with E-state index in [4.69, 9.17) is 16.6 Å². The molecule has 2 aromatic rings. The smallest absolute Gasteiger partial charge is 0.125 e. The highest BCUT2D eigenvalue weighted by Gasteiger charge is 2.34. The second kappa shape index (κ2) is 5.40. The van der Waals surface area contributed by atoms with Crippen molar-refractivity contribution in [3.05, 3.63) is 29.6 Å². The first-order chi connectivity index (χ1) is 9.65. The summed E-state index contributed by atoms with van der Waals surface area (Å²) >= 11 is 6.16. The van der Waals surface area contributed by atoms with E-state index in [1.165, 1.54) is 30.3 Å². The highest BCUT2D eigenvalue weighted by atomic mass is 35.5. The topological polar surface area (TPSA) is 17.8 Å². The lowest BCUT2D eigenvalue weighted by molar-refractivity contribution is 0.330. The Balaban J connectivity index is 2.10. The van der Waals surface area contributed by atoms with E-state index >= 15 is 0 Å². The summed E-state index contributed by atoms with van der Waals surface area (Å²) in [7, 11) is 0. The lowest BCUT2D eigenvalue weighted by Gasteiger charge is -2.23. The number of fused-ring (bicyclic) bond motifs is 1. The molecule has 0 aliphatic heterocycles. The van der Waals surface area contributed by atoms with Gasteiger partial charge < -0.3 is 4.57 Å². The van der Waals surface area contributed by atoms with E-state index in [1.807, 2.05) is 0 Å². The maximum Gasteiger partial charge on any atom is 0.125 e. The number of hydrogen-bond donors (Lipinski definition) is 0. The zero-order valence-electron chi connectivity index (χ0n) is 12.6. The van der Waals surface area contributed by atoms with Gasteiger partial charge in [0, 0.05) is 6.04 Å². The van der Waals surface area contributed by atoms with Crippen LogP contribution in [0.3, 0.4) is 0 Å². The Labute approximate surface area is 126 Å². The van der Waals surface area contributed by atoms with Gasteiger partial charge in [0.25, 0.3) is 0 Å². The van der Waals surface area contributed by atoms with Crippen LogP contribution in [0.15, 0.2) is 18.2 Å². The van der Waals surface area contributed by atoms with Crippen LogP contribution >= 0.6 is 11.6 Å². The summed E-state index contributed by atoms with van der Waals surface area (Å²) in [6, 6.07) is 7.11. The van der Waals surface area contributed by atoms with Gasteiger partial charge in [0.15, 0.2) is 0 Å². The van der Waals surface area contributed by atoms with E-state index in [0.717, 1.165) is 17.3 Å². The molecule has 1 aliphatic rings. The molecule has 2 nitrogen and oxygen atoms in total. The van der Waals surface area contributed by atoms with Gasteiger partial charge in [0.05, 0.1) is 16.9 Å². The zero-order chi connectivity index (χ0) is 14.3. The average molecular weight is 291 g/mol. The van der Waals surface area contributed by atoms with Crippen LogP contribution in [0.5, 0.6) is 0 Å². The predicted octanol–water partition coefficient (Wildman–Crippen LogP) is 5.08. The first kappa shape index (κ1) is 13.9. The molecule has 0 amide bonds. The predicted molar refractivity (Wildman–Crippen MR) is 85.2 cm³/mol. The van der Waals surface area contributed by atoms with Crippen LogP contribution in [0.25, 0.3) is 11.0 Å². The van der Waals surface area contributed by atoms with Crippen molar-refractivity contribution in [1.82, 2.24) is 9.55 Å². The number of alkyl halides is 1. The molecule has 3 rings (SSSR count). The molecule has 20 heavy (non-hydrogen) atoms. The van der Waals surface area contributed by atoms with E-state index in [2.05, 4.69) is 43.5 Å². The van der Waals surface area contributed by atoms with Crippen LogP contribution in [0.4, 0.5) is 0 Å². The zero-order valence-corrected chi connectivity index (χ0v) is 13.3. The summed E-state index contributed by atoms with van der Waals surface area (Å²) in [6.45, 7) is 6.81. The summed E-state index contributed by atoms with van der Waals surface area (Å²) in [6.07, 6.45) is 3.86. The van der Waals surface area contributed by atoms with Gasteiger partial charge in [-0.25, -0.2) is 4.98 Å². The Morgan fingerprint density at radius 1 is 1.35 bits per heavy atom. The molecule has 0 saturated heterocycles. The second-order valence-corrected chi connectivity index (χ2v) is 6.46. The van der Waals surface area contributed by atoms with Crippen LogP contribution < -0.4 is 0 Å². The van der Waals surface area contributed by atoms with Crippen molar-refractivity contribution in [2.24, 2.45) is 11.8 Å². The fourth-order valence-corrected chi connectivity index (χ4v) is 4.08. The minimum atomic E-state index is 0.494. The summed E-state index contributed by atoms with van der Waals surface area (Å²) < 4.78 is 2.42. The first-order valence-electron chi connectivity index (χ1n) is 7.69. The van der Waals surface area contributed by atoms with Gasteiger partial charge in [-0.15, -0.1) is 11.6 Å². The van der Waals surface area contributed by atoms with Crippen LogP contribution in [0.1, 0.15) is 50.5 Å². The molecule has 3 heteroatoms. The third-order valence-corrected chi connectivity index (χ3v) is 5.32. The van der Waals surface area contributed by atoms with Crippen molar-refractivity contribution >= 4 is 22.6 Å². The normalized spacial score (nSPS) is 26.5. The van der Waals surface area contributed by atoms with E-state index in [1.54, 1.807) is 0 Å². The van der Waals surface area contributed by atoms with Crippen molar-refractivity contribution in [2.45, 2.75) is 52.0 Å². The Hall–Kier alpha value is -1.02. The number of halogens is 1. The van der Waals surface area contributed by atoms with E-state index in [9.17, 15) is 0 Å². The number of rotatable bonds is 3. The van der Waals surface area contributed by atoms with E-state index in [-0.39, 0.29) is 0 Å². The molecule has 3 atom stereocenters. The maximum absolute atomic E-state index is 6.16. The standard InChI is InChI=1S/C17H23ClN2/c1-4-13-6-8-15(12(13)3)20-16-7-5-11(2)9-14(16)19-17(20)10-18/h5,7,9,12-13,15H,4,6,8,10H2,1-3H3. The number of aryl methyl sites for hydroxylation is 1. The van der Waals surface area contributed by atoms with Crippen LogP contribution in [0.2, 0.25) is 0 Å². The largest absolute Gasteiger partial charge is 0.324 e. The summed E-state index contributed by atoms with van der Waals surface area (Å²) in [4.78, 5) is 4.75. The molecule has 0 bridgehead atoms. The number of nitrogens with zero attached hydrogens (tertiary/aromatic N) is 2. The number of imidazole rings is 1. The first-order valence-corrected chi connectivity index (χ1v) is 8.22. The molecular weight excluding hydrogens is 268 g/mol. The molecule has 0 N–H and O–H groups in total. The lowest BCUT2D eigenvalue weighted by atomic mass is 9.93. The van der Waals surface area contributed by atoms with Gasteiger partial charge in [-0.1, -0.05) is 26.3 Å². The Bertz CT molecular complexity index is 617. The Morgan fingerprint density at radius 3 is 2.80 bits per heavy atom. The SMILES string of the molecule is CCC1CCC(n2c(CCl)nc3cc(C)ccc32)C1C. The third-order valence-electron chi connectivity index (χ3n) is 5.08. The second-order valence-electron chi connectivity index (χ2n) is 6.20. The van der Waals surface area contributed by atoms with Crippen molar-refractivity contribution in [3.8, 4) is 0 Å². The summed E-state index contributed by atoms with van der Waals surface area (Å²) in [5, 5.41) is 0. The molecule has 1 aromatic carbocycles. The monoisotopic (exact) mass is 290 g/mol. The van der Waals surface area contributed by atoms with Gasteiger partial charge in [0.2, 0.25) is 0 Å². The molecule has 1 aromatic heterocycles. The number of benzene rings is 1. The Morgan fingerprint density at radius 2 is 2.15 bits per heavy atom. The summed E-state index contributed by atoms with van der Waals surface area (Å²) in [5.74, 6) is 3.07. The van der Waals surface area contributed by atoms with Gasteiger partial charge in [-0.2, -0.15) is 0 Å². The molecule has 0 radical (unpaired) electrons.